The van der Waals surface area contributed by atoms with Gasteiger partial charge < -0.3 is 14.1 Å². The maximum atomic E-state index is 13.6. The van der Waals surface area contributed by atoms with Gasteiger partial charge in [0.25, 0.3) is 0 Å². The van der Waals surface area contributed by atoms with Crippen LogP contribution >= 0.6 is 0 Å². The minimum absolute atomic E-state index is 0.0198. The molecule has 2 aliphatic rings. The molecule has 4 aromatic rings. The number of nitrogens with zero attached hydrogens (tertiary/aromatic N) is 3. The first-order chi connectivity index (χ1) is 22.3. The molecule has 7 heteroatoms. The first-order valence-electron chi connectivity index (χ1n) is 16.7. The van der Waals surface area contributed by atoms with Crippen molar-refractivity contribution in [2.24, 2.45) is 5.16 Å². The van der Waals surface area contributed by atoms with Gasteiger partial charge in [0, 0.05) is 58.1 Å². The van der Waals surface area contributed by atoms with Crippen LogP contribution in [0.25, 0.3) is 21.8 Å². The maximum absolute atomic E-state index is 13.6. The van der Waals surface area contributed by atoms with Crippen LogP contribution in [0.3, 0.4) is 0 Å². The average Bonchev–Trinajstić information content (AvgIpc) is 3.41. The number of carbonyl (C=O) groups is 2. The number of morpholine rings is 1. The van der Waals surface area contributed by atoms with E-state index in [-0.39, 0.29) is 11.8 Å². The van der Waals surface area contributed by atoms with Gasteiger partial charge in [0.05, 0.1) is 18.9 Å². The van der Waals surface area contributed by atoms with Crippen LogP contribution in [-0.2, 0) is 20.9 Å². The Balaban J connectivity index is 1.38. The Labute approximate surface area is 271 Å². The third-order valence-electron chi connectivity index (χ3n) is 9.77. The molecule has 1 aliphatic heterocycles. The summed E-state index contributed by atoms with van der Waals surface area (Å²) in [7, 11) is 0. The lowest BCUT2D eigenvalue weighted by molar-refractivity contribution is -0.159. The monoisotopic (exact) mass is 619 g/mol. The van der Waals surface area contributed by atoms with Gasteiger partial charge in [0.15, 0.2) is 5.78 Å². The molecule has 0 saturated carbocycles. The Kier molecular flexibility index (Phi) is 9.52. The molecule has 1 saturated heterocycles. The number of rotatable bonds is 10. The molecule has 0 atom stereocenters. The van der Waals surface area contributed by atoms with E-state index in [4.69, 9.17) is 9.57 Å². The minimum atomic E-state index is -0.817. The molecule has 0 radical (unpaired) electrons. The Hall–Kier alpha value is -4.07. The molecular formula is C39H45N3O4. The molecule has 0 unspecified atom stereocenters. The van der Waals surface area contributed by atoms with E-state index < -0.39 is 5.54 Å². The van der Waals surface area contributed by atoms with Crippen LogP contribution in [0.15, 0.2) is 77.5 Å². The maximum Gasteiger partial charge on any atom is 0.354 e. The highest BCUT2D eigenvalue weighted by Gasteiger charge is 2.37. The fourth-order valence-corrected chi connectivity index (χ4v) is 6.86. The first kappa shape index (κ1) is 31.9. The zero-order valence-corrected chi connectivity index (χ0v) is 27.6. The first-order valence-corrected chi connectivity index (χ1v) is 16.7. The zero-order valence-electron chi connectivity index (χ0n) is 27.6. The van der Waals surface area contributed by atoms with Crippen molar-refractivity contribution in [3.05, 3.63) is 94.6 Å². The molecule has 0 bridgehead atoms. The zero-order chi connectivity index (χ0) is 32.3. The van der Waals surface area contributed by atoms with E-state index in [1.807, 2.05) is 57.2 Å². The Morgan fingerprint density at radius 3 is 2.30 bits per heavy atom. The molecule has 1 aliphatic carbocycles. The van der Waals surface area contributed by atoms with Crippen molar-refractivity contribution in [2.45, 2.75) is 78.3 Å². The van der Waals surface area contributed by atoms with Crippen LogP contribution in [0.4, 0.5) is 0 Å². The fraction of sp³-hybridized carbons (Fsp3) is 0.410. The van der Waals surface area contributed by atoms with Gasteiger partial charge in [-0.2, -0.15) is 0 Å². The molecule has 0 N–H and O–H groups in total. The van der Waals surface area contributed by atoms with Gasteiger partial charge in [-0.1, -0.05) is 47.1 Å². The predicted molar refractivity (Wildman–Crippen MR) is 185 cm³/mol. The van der Waals surface area contributed by atoms with E-state index in [0.29, 0.717) is 38.3 Å². The molecular weight excluding hydrogens is 574 g/mol. The number of fused-ring (bicyclic) bond motifs is 3. The second-order valence-electron chi connectivity index (χ2n) is 13.0. The van der Waals surface area contributed by atoms with E-state index >= 15 is 0 Å². The van der Waals surface area contributed by atoms with Crippen molar-refractivity contribution in [1.29, 1.82) is 0 Å². The average molecular weight is 620 g/mol. The quantitative estimate of drug-likeness (QED) is 0.0592. The second kappa shape index (κ2) is 13.7. The summed E-state index contributed by atoms with van der Waals surface area (Å²) < 4.78 is 7.78. The smallest absolute Gasteiger partial charge is 0.354 e. The summed E-state index contributed by atoms with van der Waals surface area (Å²) in [5.41, 5.74) is 6.84. The fourth-order valence-electron chi connectivity index (χ4n) is 6.86. The van der Waals surface area contributed by atoms with Crippen molar-refractivity contribution in [2.75, 3.05) is 26.3 Å². The summed E-state index contributed by atoms with van der Waals surface area (Å²) in [5, 5.41) is 6.65. The largest absolute Gasteiger partial charge is 0.379 e. The molecule has 0 spiro atoms. The number of hydrogen-bond donors (Lipinski definition) is 0. The normalized spacial score (nSPS) is 16.5. The van der Waals surface area contributed by atoms with Gasteiger partial charge in [-0.05, 0) is 102 Å². The van der Waals surface area contributed by atoms with Crippen molar-refractivity contribution < 1.29 is 19.2 Å². The molecule has 1 aromatic heterocycles. The highest BCUT2D eigenvalue weighted by atomic mass is 16.7. The van der Waals surface area contributed by atoms with Crippen LogP contribution in [0.2, 0.25) is 0 Å². The van der Waals surface area contributed by atoms with Gasteiger partial charge in [-0.25, -0.2) is 4.79 Å². The number of ether oxygens (including phenoxy) is 1. The Morgan fingerprint density at radius 2 is 1.63 bits per heavy atom. The molecule has 1 fully saturated rings. The molecule has 2 heterocycles. The highest BCUT2D eigenvalue weighted by molar-refractivity contribution is 6.16. The van der Waals surface area contributed by atoms with Gasteiger partial charge in [-0.3, -0.25) is 9.69 Å². The molecule has 3 aromatic carbocycles. The highest BCUT2D eigenvalue weighted by Crippen LogP contribution is 2.33. The summed E-state index contributed by atoms with van der Waals surface area (Å²) in [5.74, 6) is -0.349. The van der Waals surface area contributed by atoms with Gasteiger partial charge in [0.1, 0.15) is 5.54 Å². The third-order valence-corrected chi connectivity index (χ3v) is 9.77. The number of hydrogen-bond acceptors (Lipinski definition) is 6. The number of ketones is 1. The van der Waals surface area contributed by atoms with Crippen molar-refractivity contribution in [3.63, 3.8) is 0 Å². The molecule has 240 valence electrons. The van der Waals surface area contributed by atoms with Crippen molar-refractivity contribution in [1.82, 2.24) is 9.47 Å². The predicted octanol–water partition coefficient (Wildman–Crippen LogP) is 7.99. The number of aromatic nitrogens is 1. The van der Waals surface area contributed by atoms with Gasteiger partial charge >= 0.3 is 5.97 Å². The lowest BCUT2D eigenvalue weighted by atomic mass is 9.93. The summed E-state index contributed by atoms with van der Waals surface area (Å²) >= 11 is 0. The lowest BCUT2D eigenvalue weighted by Crippen LogP contribution is -2.54. The van der Waals surface area contributed by atoms with Crippen LogP contribution in [0, 0.1) is 6.92 Å². The molecule has 46 heavy (non-hydrogen) atoms. The summed E-state index contributed by atoms with van der Waals surface area (Å²) in [6.07, 6.45) is 8.60. The Morgan fingerprint density at radius 1 is 0.935 bits per heavy atom. The van der Waals surface area contributed by atoms with Crippen LogP contribution < -0.4 is 0 Å². The Bertz CT molecular complexity index is 1820. The minimum Gasteiger partial charge on any atom is -0.379 e. The van der Waals surface area contributed by atoms with Crippen LogP contribution in [0.5, 0.6) is 0 Å². The van der Waals surface area contributed by atoms with Gasteiger partial charge in [-0.15, -0.1) is 0 Å². The van der Waals surface area contributed by atoms with Crippen LogP contribution in [0.1, 0.15) is 86.3 Å². The van der Waals surface area contributed by atoms with E-state index in [9.17, 15) is 9.59 Å². The standard InChI is InChI=1S/C39H45N3O4/c1-5-42-35-19-16-29(25-32(35)33-26-30(17-20-36(33)42)37(43)31-14-10-9-11-27(31)2)34(18-15-28-12-7-6-8-13-28)40-46-38(44)39(3,4)41-21-23-45-24-22-41/h9-12,14,16-17,19-20,25-26H,5-8,13,15,18,21-24H2,1-4H3. The van der Waals surface area contributed by atoms with E-state index in [0.717, 1.165) is 70.0 Å². The number of oxime groups is 1. The van der Waals surface area contributed by atoms with E-state index in [1.54, 1.807) is 0 Å². The van der Waals surface area contributed by atoms with Crippen LogP contribution in [-0.4, -0.2) is 58.8 Å². The topological polar surface area (TPSA) is 73.1 Å². The summed E-state index contributed by atoms with van der Waals surface area (Å²) in [6.45, 7) is 11.3. The molecule has 0 amide bonds. The SMILES string of the molecule is CCn1c2ccc(C(=O)c3ccccc3C)cc2c2cc(C(CCC3=CCCCC3)=NOC(=O)C(C)(C)N3CCOCC3)ccc21. The van der Waals surface area contributed by atoms with E-state index in [2.05, 4.69) is 51.9 Å². The van der Waals surface area contributed by atoms with Crippen molar-refractivity contribution >= 4 is 39.3 Å². The second-order valence-corrected chi connectivity index (χ2v) is 13.0. The number of aryl methyl sites for hydroxylation is 2. The number of benzene rings is 3. The molecule has 6 rings (SSSR count). The lowest BCUT2D eigenvalue weighted by Gasteiger charge is -2.37. The van der Waals surface area contributed by atoms with Crippen molar-refractivity contribution in [3.8, 4) is 0 Å². The van der Waals surface area contributed by atoms with Gasteiger partial charge in [0.2, 0.25) is 0 Å². The molecule has 7 nitrogen and oxygen atoms in total. The number of carbonyl (C=O) groups excluding carboxylic acids is 2. The summed E-state index contributed by atoms with van der Waals surface area (Å²) in [4.78, 5) is 34.9. The third kappa shape index (κ3) is 6.44. The van der Waals surface area contributed by atoms with E-state index in [1.165, 1.54) is 18.4 Å². The summed E-state index contributed by atoms with van der Waals surface area (Å²) in [6, 6.07) is 20.1. The number of allylic oxidation sites excluding steroid dienone is 2.